The molecule has 0 saturated heterocycles. The van der Waals surface area contributed by atoms with Gasteiger partial charge >= 0.3 is 0 Å². The van der Waals surface area contributed by atoms with Crippen molar-refractivity contribution < 1.29 is 9.53 Å². The maximum absolute atomic E-state index is 11.9. The van der Waals surface area contributed by atoms with E-state index in [0.717, 1.165) is 13.0 Å². The van der Waals surface area contributed by atoms with Gasteiger partial charge in [-0.15, -0.1) is 0 Å². The molecule has 1 rings (SSSR count). The highest BCUT2D eigenvalue weighted by Crippen LogP contribution is 2.05. The van der Waals surface area contributed by atoms with Crippen LogP contribution in [0.3, 0.4) is 0 Å². The first-order valence-corrected chi connectivity index (χ1v) is 5.37. The molecular formula is C11H18N2O2. The lowest BCUT2D eigenvalue weighted by Crippen LogP contribution is -2.24. The first-order chi connectivity index (χ1) is 7.20. The van der Waals surface area contributed by atoms with E-state index >= 15 is 0 Å². The second-order valence-electron chi connectivity index (χ2n) is 3.41. The summed E-state index contributed by atoms with van der Waals surface area (Å²) in [7, 11) is 0. The molecule has 0 radical (unpaired) electrons. The summed E-state index contributed by atoms with van der Waals surface area (Å²) in [5, 5.41) is 0. The van der Waals surface area contributed by atoms with Crippen molar-refractivity contribution in [2.24, 2.45) is 0 Å². The normalized spacial score (nSPS) is 12.7. The first kappa shape index (κ1) is 11.9. The van der Waals surface area contributed by atoms with Gasteiger partial charge in [0.1, 0.15) is 6.10 Å². The highest BCUT2D eigenvalue weighted by molar-refractivity contribution is 5.96. The van der Waals surface area contributed by atoms with Crippen molar-refractivity contribution in [2.75, 3.05) is 6.61 Å². The van der Waals surface area contributed by atoms with E-state index in [4.69, 9.17) is 4.74 Å². The minimum absolute atomic E-state index is 0.0460. The molecule has 1 aromatic heterocycles. The molecule has 0 aliphatic carbocycles. The van der Waals surface area contributed by atoms with Crippen LogP contribution in [0.2, 0.25) is 0 Å². The highest BCUT2D eigenvalue weighted by atomic mass is 16.5. The second kappa shape index (κ2) is 5.66. The summed E-state index contributed by atoms with van der Waals surface area (Å²) in [6, 6.07) is 0. The van der Waals surface area contributed by atoms with Gasteiger partial charge in [0.25, 0.3) is 0 Å². The van der Waals surface area contributed by atoms with Gasteiger partial charge in [-0.05, 0) is 20.3 Å². The van der Waals surface area contributed by atoms with E-state index in [0.29, 0.717) is 12.4 Å². The van der Waals surface area contributed by atoms with Crippen LogP contribution in [0.25, 0.3) is 0 Å². The third-order valence-electron chi connectivity index (χ3n) is 2.19. The molecule has 4 heteroatoms. The molecule has 1 aromatic rings. The van der Waals surface area contributed by atoms with Crippen molar-refractivity contribution in [3.63, 3.8) is 0 Å². The van der Waals surface area contributed by atoms with Gasteiger partial charge in [-0.3, -0.25) is 4.79 Å². The van der Waals surface area contributed by atoms with Crippen molar-refractivity contribution in [3.8, 4) is 0 Å². The fourth-order valence-electron chi connectivity index (χ4n) is 1.46. The van der Waals surface area contributed by atoms with Crippen LogP contribution in [0, 0.1) is 0 Å². The largest absolute Gasteiger partial charge is 0.370 e. The number of aromatic nitrogens is 2. The average molecular weight is 210 g/mol. The van der Waals surface area contributed by atoms with Crippen molar-refractivity contribution >= 4 is 5.78 Å². The number of aryl methyl sites for hydroxylation is 1. The van der Waals surface area contributed by atoms with Gasteiger partial charge in [-0.1, -0.05) is 6.92 Å². The summed E-state index contributed by atoms with van der Waals surface area (Å²) in [6.45, 7) is 7.07. The molecule has 4 nitrogen and oxygen atoms in total. The lowest BCUT2D eigenvalue weighted by molar-refractivity contribution is 0.0506. The highest BCUT2D eigenvalue weighted by Gasteiger charge is 2.19. The molecule has 1 atom stereocenters. The SMILES string of the molecule is CCCn1ccnc1C(=O)C(C)OCC. The molecule has 84 valence electrons. The number of rotatable bonds is 6. The minimum atomic E-state index is -0.409. The molecule has 0 aromatic carbocycles. The van der Waals surface area contributed by atoms with E-state index in [9.17, 15) is 4.79 Å². The Morgan fingerprint density at radius 2 is 2.33 bits per heavy atom. The van der Waals surface area contributed by atoms with Gasteiger partial charge < -0.3 is 9.30 Å². The van der Waals surface area contributed by atoms with E-state index in [2.05, 4.69) is 11.9 Å². The molecule has 15 heavy (non-hydrogen) atoms. The Labute approximate surface area is 90.3 Å². The van der Waals surface area contributed by atoms with Crippen LogP contribution in [0.1, 0.15) is 37.8 Å². The topological polar surface area (TPSA) is 44.1 Å². The van der Waals surface area contributed by atoms with Crippen LogP contribution < -0.4 is 0 Å². The molecule has 1 unspecified atom stereocenters. The fourth-order valence-corrected chi connectivity index (χ4v) is 1.46. The summed E-state index contributed by atoms with van der Waals surface area (Å²) in [6.07, 6.45) is 4.06. The van der Waals surface area contributed by atoms with E-state index in [1.54, 1.807) is 13.1 Å². The number of hydrogen-bond acceptors (Lipinski definition) is 3. The number of hydrogen-bond donors (Lipinski definition) is 0. The van der Waals surface area contributed by atoms with E-state index in [1.807, 2.05) is 17.7 Å². The van der Waals surface area contributed by atoms with Gasteiger partial charge in [-0.25, -0.2) is 4.98 Å². The van der Waals surface area contributed by atoms with Crippen LogP contribution >= 0.6 is 0 Å². The Hall–Kier alpha value is -1.16. The average Bonchev–Trinajstić information content (AvgIpc) is 2.66. The second-order valence-corrected chi connectivity index (χ2v) is 3.41. The summed E-state index contributed by atoms with van der Waals surface area (Å²) < 4.78 is 7.13. The predicted octanol–water partition coefficient (Wildman–Crippen LogP) is 1.90. The van der Waals surface area contributed by atoms with E-state index < -0.39 is 6.10 Å². The smallest absolute Gasteiger partial charge is 0.226 e. The lowest BCUT2D eigenvalue weighted by Gasteiger charge is -2.11. The van der Waals surface area contributed by atoms with Crippen LogP contribution in [0.15, 0.2) is 12.4 Å². The van der Waals surface area contributed by atoms with Crippen LogP contribution in [-0.2, 0) is 11.3 Å². The summed E-state index contributed by atoms with van der Waals surface area (Å²) in [4.78, 5) is 16.0. The van der Waals surface area contributed by atoms with Crippen molar-refractivity contribution in [1.29, 1.82) is 0 Å². The van der Waals surface area contributed by atoms with E-state index in [-0.39, 0.29) is 5.78 Å². The van der Waals surface area contributed by atoms with Gasteiger partial charge in [-0.2, -0.15) is 0 Å². The molecular weight excluding hydrogens is 192 g/mol. The number of Topliss-reactive ketones (excluding diaryl/α,β-unsaturated/α-hetero) is 1. The monoisotopic (exact) mass is 210 g/mol. The maximum Gasteiger partial charge on any atom is 0.226 e. The number of ether oxygens (including phenoxy) is 1. The Morgan fingerprint density at radius 3 is 2.93 bits per heavy atom. The molecule has 0 fully saturated rings. The predicted molar refractivity (Wildman–Crippen MR) is 57.9 cm³/mol. The Bertz CT molecular complexity index is 320. The first-order valence-electron chi connectivity index (χ1n) is 5.37. The Kier molecular flexibility index (Phi) is 4.49. The number of nitrogens with zero attached hydrogens (tertiary/aromatic N) is 2. The van der Waals surface area contributed by atoms with Crippen molar-refractivity contribution in [2.45, 2.75) is 39.8 Å². The molecule has 0 aliphatic heterocycles. The van der Waals surface area contributed by atoms with Gasteiger partial charge in [0.15, 0.2) is 5.82 Å². The molecule has 1 heterocycles. The summed E-state index contributed by atoms with van der Waals surface area (Å²) in [5.41, 5.74) is 0. The molecule has 0 spiro atoms. The Balaban J connectivity index is 2.76. The zero-order valence-corrected chi connectivity index (χ0v) is 9.56. The molecule has 0 N–H and O–H groups in total. The minimum Gasteiger partial charge on any atom is -0.370 e. The van der Waals surface area contributed by atoms with Gasteiger partial charge in [0.2, 0.25) is 5.78 Å². The molecule has 0 aliphatic rings. The lowest BCUT2D eigenvalue weighted by atomic mass is 10.2. The van der Waals surface area contributed by atoms with Crippen LogP contribution in [0.4, 0.5) is 0 Å². The zero-order chi connectivity index (χ0) is 11.3. The maximum atomic E-state index is 11.9. The van der Waals surface area contributed by atoms with E-state index in [1.165, 1.54) is 0 Å². The number of carbonyl (C=O) groups is 1. The summed E-state index contributed by atoms with van der Waals surface area (Å²) >= 11 is 0. The standard InChI is InChI=1S/C11H18N2O2/c1-4-7-13-8-6-12-11(13)10(14)9(3)15-5-2/h6,8-9H,4-5,7H2,1-3H3. The fraction of sp³-hybridized carbons (Fsp3) is 0.636. The zero-order valence-electron chi connectivity index (χ0n) is 9.56. The quantitative estimate of drug-likeness (QED) is 0.673. The van der Waals surface area contributed by atoms with Gasteiger partial charge in [0, 0.05) is 25.5 Å². The van der Waals surface area contributed by atoms with Crippen LogP contribution in [-0.4, -0.2) is 28.0 Å². The third-order valence-corrected chi connectivity index (χ3v) is 2.19. The van der Waals surface area contributed by atoms with Gasteiger partial charge in [0.05, 0.1) is 0 Å². The number of ketones is 1. The number of carbonyl (C=O) groups excluding carboxylic acids is 1. The molecule has 0 amide bonds. The molecule has 0 bridgehead atoms. The number of imidazole rings is 1. The molecule has 0 saturated carbocycles. The summed E-state index contributed by atoms with van der Waals surface area (Å²) in [5.74, 6) is 0.452. The van der Waals surface area contributed by atoms with Crippen molar-refractivity contribution in [3.05, 3.63) is 18.2 Å². The van der Waals surface area contributed by atoms with Crippen LogP contribution in [0.5, 0.6) is 0 Å². The third kappa shape index (κ3) is 2.89. The van der Waals surface area contributed by atoms with Crippen molar-refractivity contribution in [1.82, 2.24) is 9.55 Å². The Morgan fingerprint density at radius 1 is 1.60 bits per heavy atom.